The molecule has 4 aromatic heterocycles. The van der Waals surface area contributed by atoms with Crippen molar-refractivity contribution < 1.29 is 0 Å². The first-order chi connectivity index (χ1) is 14.9. The van der Waals surface area contributed by atoms with E-state index < -0.39 is 0 Å². The molecular formula is C22H28N8S. The van der Waals surface area contributed by atoms with Crippen molar-refractivity contribution in [3.63, 3.8) is 0 Å². The molecule has 8 nitrogen and oxygen atoms in total. The van der Waals surface area contributed by atoms with E-state index in [9.17, 15) is 0 Å². The second kappa shape index (κ2) is 7.72. The van der Waals surface area contributed by atoms with E-state index in [2.05, 4.69) is 74.1 Å². The molecule has 1 aliphatic carbocycles. The first kappa shape index (κ1) is 20.1. The van der Waals surface area contributed by atoms with E-state index in [1.807, 2.05) is 18.6 Å². The molecule has 9 heteroatoms. The SMILES string of the molecule is CCN(Cc1cc(Nc2nc(C3CC3)cn3c(-c4cn[nH]c4)cnc23)sn1)C(C)(C)C. The molecule has 0 atom stereocenters. The summed E-state index contributed by atoms with van der Waals surface area (Å²) in [7, 11) is 0. The van der Waals surface area contributed by atoms with Crippen molar-refractivity contribution >= 4 is 28.0 Å². The summed E-state index contributed by atoms with van der Waals surface area (Å²) in [6, 6.07) is 2.13. The van der Waals surface area contributed by atoms with Gasteiger partial charge in [-0.3, -0.25) is 14.4 Å². The maximum Gasteiger partial charge on any atom is 0.180 e. The average molecular weight is 437 g/mol. The van der Waals surface area contributed by atoms with Crippen LogP contribution in [-0.4, -0.2) is 45.9 Å². The Balaban J connectivity index is 1.46. The van der Waals surface area contributed by atoms with Gasteiger partial charge in [-0.15, -0.1) is 0 Å². The molecule has 31 heavy (non-hydrogen) atoms. The third-order valence-corrected chi connectivity index (χ3v) is 6.53. The molecule has 0 radical (unpaired) electrons. The molecule has 1 aliphatic rings. The van der Waals surface area contributed by atoms with Gasteiger partial charge in [-0.25, -0.2) is 9.97 Å². The number of fused-ring (bicyclic) bond motifs is 1. The van der Waals surface area contributed by atoms with Gasteiger partial charge < -0.3 is 5.32 Å². The third-order valence-electron chi connectivity index (χ3n) is 5.78. The third kappa shape index (κ3) is 4.07. The number of nitrogens with zero attached hydrogens (tertiary/aromatic N) is 6. The van der Waals surface area contributed by atoms with Crippen molar-refractivity contribution in [2.45, 2.75) is 58.5 Å². The van der Waals surface area contributed by atoms with Gasteiger partial charge >= 0.3 is 0 Å². The van der Waals surface area contributed by atoms with Crippen molar-refractivity contribution in [3.8, 4) is 11.3 Å². The summed E-state index contributed by atoms with van der Waals surface area (Å²) in [5.41, 5.74) is 5.10. The fourth-order valence-electron chi connectivity index (χ4n) is 3.85. The van der Waals surface area contributed by atoms with Crippen LogP contribution in [0.1, 0.15) is 57.8 Å². The van der Waals surface area contributed by atoms with Crippen LogP contribution in [0.4, 0.5) is 10.8 Å². The Morgan fingerprint density at radius 1 is 1.29 bits per heavy atom. The van der Waals surface area contributed by atoms with Crippen molar-refractivity contribution in [3.05, 3.63) is 42.2 Å². The minimum absolute atomic E-state index is 0.109. The minimum Gasteiger partial charge on any atom is -0.328 e. The number of hydrogen-bond acceptors (Lipinski definition) is 7. The quantitative estimate of drug-likeness (QED) is 0.432. The molecule has 162 valence electrons. The zero-order valence-electron chi connectivity index (χ0n) is 18.4. The number of imidazole rings is 1. The number of aromatic amines is 1. The Hall–Kier alpha value is -2.78. The van der Waals surface area contributed by atoms with E-state index in [4.69, 9.17) is 4.98 Å². The highest BCUT2D eigenvalue weighted by atomic mass is 32.1. The fourth-order valence-corrected chi connectivity index (χ4v) is 4.51. The lowest BCUT2D eigenvalue weighted by atomic mass is 10.1. The lowest BCUT2D eigenvalue weighted by Gasteiger charge is -2.34. The minimum atomic E-state index is 0.109. The molecule has 0 aliphatic heterocycles. The highest BCUT2D eigenvalue weighted by Gasteiger charge is 2.27. The molecule has 2 N–H and O–H groups in total. The van der Waals surface area contributed by atoms with Gasteiger partial charge in [0.25, 0.3) is 0 Å². The van der Waals surface area contributed by atoms with Gasteiger partial charge in [0.2, 0.25) is 0 Å². The summed E-state index contributed by atoms with van der Waals surface area (Å²) in [5, 5.41) is 11.5. The van der Waals surface area contributed by atoms with Crippen molar-refractivity contribution in [2.75, 3.05) is 11.9 Å². The predicted molar refractivity (Wildman–Crippen MR) is 124 cm³/mol. The molecule has 0 bridgehead atoms. The first-order valence-electron chi connectivity index (χ1n) is 10.8. The number of H-pyrrole nitrogens is 1. The summed E-state index contributed by atoms with van der Waals surface area (Å²) in [4.78, 5) is 12.0. The van der Waals surface area contributed by atoms with Crippen LogP contribution >= 0.6 is 11.5 Å². The maximum absolute atomic E-state index is 4.93. The molecule has 4 heterocycles. The standard InChI is InChI=1S/C22H28N8S/c1-5-29(22(2,3)4)12-16-8-19(31-28-16)27-20-21-23-11-18(15-9-24-25-10-15)30(21)13-17(26-20)14-6-7-14/h8-11,13-14H,5-7,12H2,1-4H3,(H,24,25)(H,26,27). The number of rotatable bonds is 7. The van der Waals surface area contributed by atoms with E-state index in [0.29, 0.717) is 5.92 Å². The number of nitrogens with one attached hydrogen (secondary N) is 2. The number of anilines is 2. The van der Waals surface area contributed by atoms with E-state index >= 15 is 0 Å². The van der Waals surface area contributed by atoms with Gasteiger partial charge in [-0.1, -0.05) is 6.92 Å². The van der Waals surface area contributed by atoms with Crippen LogP contribution in [0.15, 0.2) is 30.9 Å². The first-order valence-corrected chi connectivity index (χ1v) is 11.5. The largest absolute Gasteiger partial charge is 0.328 e. The summed E-state index contributed by atoms with van der Waals surface area (Å²) in [6.07, 6.45) is 10.1. The van der Waals surface area contributed by atoms with Gasteiger partial charge in [0.1, 0.15) is 5.00 Å². The summed E-state index contributed by atoms with van der Waals surface area (Å²) in [6.45, 7) is 10.7. The Morgan fingerprint density at radius 3 is 2.81 bits per heavy atom. The van der Waals surface area contributed by atoms with Gasteiger partial charge in [0, 0.05) is 36.0 Å². The van der Waals surface area contributed by atoms with E-state index in [-0.39, 0.29) is 5.54 Å². The summed E-state index contributed by atoms with van der Waals surface area (Å²) in [5.74, 6) is 1.31. The van der Waals surface area contributed by atoms with Crippen molar-refractivity contribution in [1.82, 2.24) is 33.8 Å². The molecule has 5 rings (SSSR count). The molecule has 1 saturated carbocycles. The second-order valence-electron chi connectivity index (χ2n) is 9.11. The molecule has 0 unspecified atom stereocenters. The van der Waals surface area contributed by atoms with Gasteiger partial charge in [-0.05, 0) is 57.8 Å². The Kier molecular flexibility index (Phi) is 5.02. The van der Waals surface area contributed by atoms with Gasteiger partial charge in [0.05, 0.1) is 29.5 Å². The van der Waals surface area contributed by atoms with Crippen LogP contribution in [0.5, 0.6) is 0 Å². The molecule has 0 aromatic carbocycles. The van der Waals surface area contributed by atoms with Crippen molar-refractivity contribution in [1.29, 1.82) is 0 Å². The Bertz CT molecular complexity index is 1180. The molecule has 0 spiro atoms. The summed E-state index contributed by atoms with van der Waals surface area (Å²) >= 11 is 1.47. The lowest BCUT2D eigenvalue weighted by Crippen LogP contribution is -2.40. The normalized spacial score (nSPS) is 14.6. The zero-order valence-corrected chi connectivity index (χ0v) is 19.2. The van der Waals surface area contributed by atoms with Crippen LogP contribution in [0.2, 0.25) is 0 Å². The second-order valence-corrected chi connectivity index (χ2v) is 9.91. The van der Waals surface area contributed by atoms with Crippen LogP contribution in [0.3, 0.4) is 0 Å². The van der Waals surface area contributed by atoms with Crippen LogP contribution in [0, 0.1) is 0 Å². The maximum atomic E-state index is 4.93. The predicted octanol–water partition coefficient (Wildman–Crippen LogP) is 4.82. The number of hydrogen-bond donors (Lipinski definition) is 2. The smallest absolute Gasteiger partial charge is 0.180 e. The Morgan fingerprint density at radius 2 is 2.13 bits per heavy atom. The van der Waals surface area contributed by atoms with Gasteiger partial charge in [-0.2, -0.15) is 9.47 Å². The highest BCUT2D eigenvalue weighted by Crippen LogP contribution is 2.40. The van der Waals surface area contributed by atoms with Crippen LogP contribution in [-0.2, 0) is 6.54 Å². The highest BCUT2D eigenvalue weighted by molar-refractivity contribution is 7.10. The summed E-state index contributed by atoms with van der Waals surface area (Å²) < 4.78 is 6.80. The topological polar surface area (TPSA) is 87.0 Å². The van der Waals surface area contributed by atoms with E-state index in [1.54, 1.807) is 0 Å². The van der Waals surface area contributed by atoms with Crippen LogP contribution < -0.4 is 5.32 Å². The van der Waals surface area contributed by atoms with E-state index in [0.717, 1.165) is 52.2 Å². The lowest BCUT2D eigenvalue weighted by molar-refractivity contribution is 0.135. The number of aromatic nitrogens is 6. The monoisotopic (exact) mass is 436 g/mol. The Labute approximate surface area is 185 Å². The molecule has 0 amide bonds. The molecule has 0 saturated heterocycles. The average Bonchev–Trinajstić information content (AvgIpc) is 3.11. The van der Waals surface area contributed by atoms with Crippen LogP contribution in [0.25, 0.3) is 16.9 Å². The zero-order chi connectivity index (χ0) is 21.6. The molecule has 1 fully saturated rings. The van der Waals surface area contributed by atoms with E-state index in [1.165, 1.54) is 24.4 Å². The fraction of sp³-hybridized carbons (Fsp3) is 0.455. The molecular weight excluding hydrogens is 408 g/mol. The van der Waals surface area contributed by atoms with Gasteiger partial charge in [0.15, 0.2) is 11.5 Å². The van der Waals surface area contributed by atoms with Crippen molar-refractivity contribution in [2.24, 2.45) is 0 Å². The molecule has 4 aromatic rings.